The maximum atomic E-state index is 11.7. The fourth-order valence-electron chi connectivity index (χ4n) is 1.88. The molecule has 2 unspecified atom stereocenters. The van der Waals surface area contributed by atoms with Gasteiger partial charge in [-0.15, -0.1) is 0 Å². The van der Waals surface area contributed by atoms with Gasteiger partial charge in [0.1, 0.15) is 0 Å². The van der Waals surface area contributed by atoms with E-state index in [0.717, 1.165) is 32.4 Å². The lowest BCUT2D eigenvalue weighted by atomic mass is 10.0. The van der Waals surface area contributed by atoms with Crippen molar-refractivity contribution < 1.29 is 4.79 Å². The third-order valence-corrected chi connectivity index (χ3v) is 2.81. The average molecular weight is 198 g/mol. The molecule has 3 nitrogen and oxygen atoms in total. The van der Waals surface area contributed by atoms with Crippen LogP contribution in [0.4, 0.5) is 0 Å². The van der Waals surface area contributed by atoms with E-state index in [-0.39, 0.29) is 11.8 Å². The Hall–Kier alpha value is -0.570. The Kier molecular flexibility index (Phi) is 4.94. The predicted octanol–water partition coefficient (Wildman–Crippen LogP) is 1.29. The number of hydrogen-bond acceptors (Lipinski definition) is 2. The predicted molar refractivity (Wildman–Crippen MR) is 58.1 cm³/mol. The molecule has 1 aliphatic heterocycles. The first-order valence-corrected chi connectivity index (χ1v) is 5.75. The summed E-state index contributed by atoms with van der Waals surface area (Å²) in [7, 11) is 0. The highest BCUT2D eigenvalue weighted by Crippen LogP contribution is 2.07. The van der Waals surface area contributed by atoms with Crippen LogP contribution >= 0.6 is 0 Å². The van der Waals surface area contributed by atoms with Gasteiger partial charge in [0, 0.05) is 18.5 Å². The number of amides is 1. The zero-order valence-corrected chi connectivity index (χ0v) is 9.31. The Bertz CT molecular complexity index is 176. The molecule has 0 aromatic heterocycles. The van der Waals surface area contributed by atoms with Crippen LogP contribution in [0, 0.1) is 5.92 Å². The van der Waals surface area contributed by atoms with Gasteiger partial charge >= 0.3 is 0 Å². The fraction of sp³-hybridized carbons (Fsp3) is 0.909. The van der Waals surface area contributed by atoms with Crippen molar-refractivity contribution in [3.8, 4) is 0 Å². The van der Waals surface area contributed by atoms with Crippen LogP contribution in [0.2, 0.25) is 0 Å². The van der Waals surface area contributed by atoms with Gasteiger partial charge in [0.2, 0.25) is 5.91 Å². The number of carbonyl (C=O) groups excluding carboxylic acids is 1. The van der Waals surface area contributed by atoms with Gasteiger partial charge in [-0.05, 0) is 25.8 Å². The quantitative estimate of drug-likeness (QED) is 0.714. The molecule has 1 amide bonds. The van der Waals surface area contributed by atoms with Gasteiger partial charge in [-0.1, -0.05) is 20.3 Å². The second-order valence-corrected chi connectivity index (χ2v) is 4.24. The van der Waals surface area contributed by atoms with E-state index in [2.05, 4.69) is 17.6 Å². The Morgan fingerprint density at radius 2 is 2.43 bits per heavy atom. The van der Waals surface area contributed by atoms with Crippen molar-refractivity contribution in [3.63, 3.8) is 0 Å². The summed E-state index contributed by atoms with van der Waals surface area (Å²) in [5, 5.41) is 6.40. The number of nitrogens with one attached hydrogen (secondary N) is 2. The third kappa shape index (κ3) is 3.66. The molecule has 2 N–H and O–H groups in total. The Morgan fingerprint density at radius 3 is 3.00 bits per heavy atom. The first-order chi connectivity index (χ1) is 6.74. The van der Waals surface area contributed by atoms with E-state index in [0.29, 0.717) is 6.04 Å². The lowest BCUT2D eigenvalue weighted by Crippen LogP contribution is -2.47. The molecule has 1 saturated heterocycles. The highest BCUT2D eigenvalue weighted by molar-refractivity contribution is 5.78. The van der Waals surface area contributed by atoms with Crippen LogP contribution in [0.25, 0.3) is 0 Å². The summed E-state index contributed by atoms with van der Waals surface area (Å²) < 4.78 is 0. The van der Waals surface area contributed by atoms with Crippen molar-refractivity contribution in [1.29, 1.82) is 0 Å². The molecule has 1 rings (SSSR count). The van der Waals surface area contributed by atoms with Crippen LogP contribution in [-0.4, -0.2) is 25.0 Å². The van der Waals surface area contributed by atoms with Gasteiger partial charge in [-0.25, -0.2) is 0 Å². The van der Waals surface area contributed by atoms with E-state index in [1.807, 2.05) is 6.92 Å². The molecule has 0 bridgehead atoms. The standard InChI is InChI=1S/C11H22N2O/c1-3-5-9(2)11(14)13-10-6-4-7-12-8-10/h9-10,12H,3-8H2,1-2H3,(H,13,14). The van der Waals surface area contributed by atoms with Gasteiger partial charge < -0.3 is 10.6 Å². The van der Waals surface area contributed by atoms with Gasteiger partial charge in [0.05, 0.1) is 0 Å². The number of carbonyl (C=O) groups is 1. The van der Waals surface area contributed by atoms with E-state index >= 15 is 0 Å². The first kappa shape index (κ1) is 11.5. The summed E-state index contributed by atoms with van der Waals surface area (Å²) in [5.74, 6) is 0.391. The molecule has 0 radical (unpaired) electrons. The lowest BCUT2D eigenvalue weighted by molar-refractivity contribution is -0.125. The van der Waals surface area contributed by atoms with Crippen molar-refractivity contribution in [3.05, 3.63) is 0 Å². The van der Waals surface area contributed by atoms with Gasteiger partial charge in [0.15, 0.2) is 0 Å². The van der Waals surface area contributed by atoms with E-state index in [1.165, 1.54) is 6.42 Å². The van der Waals surface area contributed by atoms with E-state index in [1.54, 1.807) is 0 Å². The maximum Gasteiger partial charge on any atom is 0.223 e. The second-order valence-electron chi connectivity index (χ2n) is 4.24. The van der Waals surface area contributed by atoms with E-state index in [4.69, 9.17) is 0 Å². The largest absolute Gasteiger partial charge is 0.352 e. The smallest absolute Gasteiger partial charge is 0.223 e. The summed E-state index contributed by atoms with van der Waals surface area (Å²) in [5.41, 5.74) is 0. The van der Waals surface area contributed by atoms with Crippen LogP contribution in [0.5, 0.6) is 0 Å². The van der Waals surface area contributed by atoms with Gasteiger partial charge in [0.25, 0.3) is 0 Å². The van der Waals surface area contributed by atoms with Crippen molar-refractivity contribution in [2.24, 2.45) is 5.92 Å². The maximum absolute atomic E-state index is 11.7. The lowest BCUT2D eigenvalue weighted by Gasteiger charge is -2.25. The highest BCUT2D eigenvalue weighted by Gasteiger charge is 2.18. The minimum atomic E-state index is 0.168. The molecule has 0 aromatic rings. The number of rotatable bonds is 4. The van der Waals surface area contributed by atoms with Crippen LogP contribution in [0.15, 0.2) is 0 Å². The highest BCUT2D eigenvalue weighted by atomic mass is 16.1. The molecule has 0 aliphatic carbocycles. The summed E-state index contributed by atoms with van der Waals surface area (Å²) >= 11 is 0. The van der Waals surface area contributed by atoms with Crippen LogP contribution in [-0.2, 0) is 4.79 Å². The molecular weight excluding hydrogens is 176 g/mol. The van der Waals surface area contributed by atoms with Crippen molar-refractivity contribution in [2.45, 2.75) is 45.6 Å². The normalized spacial score (nSPS) is 24.3. The molecular formula is C11H22N2O. The summed E-state index contributed by atoms with van der Waals surface area (Å²) in [6, 6.07) is 0.357. The SMILES string of the molecule is CCCC(C)C(=O)NC1CCCNC1. The molecule has 1 fully saturated rings. The fourth-order valence-corrected chi connectivity index (χ4v) is 1.88. The van der Waals surface area contributed by atoms with E-state index in [9.17, 15) is 4.79 Å². The topological polar surface area (TPSA) is 41.1 Å². The summed E-state index contributed by atoms with van der Waals surface area (Å²) in [4.78, 5) is 11.7. The zero-order chi connectivity index (χ0) is 10.4. The van der Waals surface area contributed by atoms with Crippen molar-refractivity contribution in [2.75, 3.05) is 13.1 Å². The van der Waals surface area contributed by atoms with E-state index < -0.39 is 0 Å². The van der Waals surface area contributed by atoms with Gasteiger partial charge in [-0.3, -0.25) is 4.79 Å². The molecule has 0 aromatic carbocycles. The Balaban J connectivity index is 2.24. The molecule has 1 heterocycles. The molecule has 1 aliphatic rings. The van der Waals surface area contributed by atoms with Crippen molar-refractivity contribution in [1.82, 2.24) is 10.6 Å². The Labute approximate surface area is 86.6 Å². The zero-order valence-electron chi connectivity index (χ0n) is 9.31. The van der Waals surface area contributed by atoms with Crippen LogP contribution < -0.4 is 10.6 Å². The number of piperidine rings is 1. The third-order valence-electron chi connectivity index (χ3n) is 2.81. The summed E-state index contributed by atoms with van der Waals surface area (Å²) in [6.45, 7) is 6.16. The van der Waals surface area contributed by atoms with Gasteiger partial charge in [-0.2, -0.15) is 0 Å². The molecule has 0 spiro atoms. The average Bonchev–Trinajstić information content (AvgIpc) is 2.19. The van der Waals surface area contributed by atoms with Crippen LogP contribution in [0.1, 0.15) is 39.5 Å². The number of hydrogen-bond donors (Lipinski definition) is 2. The molecule has 0 saturated carbocycles. The molecule has 14 heavy (non-hydrogen) atoms. The minimum Gasteiger partial charge on any atom is -0.352 e. The molecule has 2 atom stereocenters. The van der Waals surface area contributed by atoms with Crippen LogP contribution in [0.3, 0.4) is 0 Å². The Morgan fingerprint density at radius 1 is 1.64 bits per heavy atom. The summed E-state index contributed by atoms with van der Waals surface area (Å²) in [6.07, 6.45) is 4.37. The van der Waals surface area contributed by atoms with Crippen molar-refractivity contribution >= 4 is 5.91 Å². The minimum absolute atomic E-state index is 0.168. The molecule has 3 heteroatoms. The molecule has 82 valence electrons. The second kappa shape index (κ2) is 6.02. The first-order valence-electron chi connectivity index (χ1n) is 5.75. The monoisotopic (exact) mass is 198 g/mol.